The minimum Gasteiger partial charge on any atom is -0.469 e. The molecule has 4 heteroatoms. The zero-order valence-electron chi connectivity index (χ0n) is 11.8. The van der Waals surface area contributed by atoms with Crippen molar-refractivity contribution in [1.82, 2.24) is 5.32 Å². The highest BCUT2D eigenvalue weighted by Gasteiger charge is 2.10. The van der Waals surface area contributed by atoms with Crippen molar-refractivity contribution in [2.75, 3.05) is 6.61 Å². The van der Waals surface area contributed by atoms with Crippen LogP contribution in [0.4, 0.5) is 0 Å². The highest BCUT2D eigenvalue weighted by molar-refractivity contribution is 5.94. The Labute approximate surface area is 123 Å². The number of furan rings is 1. The molecule has 1 heterocycles. The lowest BCUT2D eigenvalue weighted by atomic mass is 10.1. The fourth-order valence-electron chi connectivity index (χ4n) is 1.82. The van der Waals surface area contributed by atoms with Crippen molar-refractivity contribution in [2.45, 2.75) is 19.9 Å². The second-order valence-electron chi connectivity index (χ2n) is 4.55. The van der Waals surface area contributed by atoms with Crippen LogP contribution in [0.25, 0.3) is 0 Å². The molecule has 0 radical (unpaired) electrons. The van der Waals surface area contributed by atoms with Gasteiger partial charge in [-0.1, -0.05) is 24.0 Å². The van der Waals surface area contributed by atoms with Gasteiger partial charge in [-0.3, -0.25) is 4.79 Å². The van der Waals surface area contributed by atoms with Gasteiger partial charge in [0.15, 0.2) is 0 Å². The van der Waals surface area contributed by atoms with Crippen LogP contribution in [0.5, 0.6) is 0 Å². The first-order valence-corrected chi connectivity index (χ1v) is 6.71. The maximum Gasteiger partial charge on any atom is 0.255 e. The van der Waals surface area contributed by atoms with Gasteiger partial charge >= 0.3 is 0 Å². The van der Waals surface area contributed by atoms with E-state index in [4.69, 9.17) is 9.52 Å². The standard InChI is InChI=1S/C17H17NO3/c1-13-16(9-11-21-13)17(20)18-12-15-7-5-14(6-8-15)4-2-3-10-19/h5-9,11,19H,3,10,12H2,1H3,(H,18,20). The molecule has 1 aromatic heterocycles. The van der Waals surface area contributed by atoms with Crippen LogP contribution in [-0.2, 0) is 6.54 Å². The molecule has 0 bridgehead atoms. The summed E-state index contributed by atoms with van der Waals surface area (Å²) in [7, 11) is 0. The summed E-state index contributed by atoms with van der Waals surface area (Å²) >= 11 is 0. The van der Waals surface area contributed by atoms with E-state index in [9.17, 15) is 4.79 Å². The molecule has 0 aliphatic rings. The molecule has 2 rings (SSSR count). The third-order valence-corrected chi connectivity index (χ3v) is 2.98. The molecule has 0 unspecified atom stereocenters. The van der Waals surface area contributed by atoms with E-state index in [2.05, 4.69) is 17.2 Å². The Bertz CT molecular complexity index is 659. The van der Waals surface area contributed by atoms with Crippen molar-refractivity contribution in [1.29, 1.82) is 0 Å². The molecular weight excluding hydrogens is 266 g/mol. The fourth-order valence-corrected chi connectivity index (χ4v) is 1.82. The second-order valence-corrected chi connectivity index (χ2v) is 4.55. The molecule has 2 N–H and O–H groups in total. The predicted octanol–water partition coefficient (Wildman–Crippen LogP) is 2.25. The van der Waals surface area contributed by atoms with Gasteiger partial charge in [0.1, 0.15) is 5.76 Å². The Morgan fingerprint density at radius 1 is 1.29 bits per heavy atom. The van der Waals surface area contributed by atoms with Gasteiger partial charge in [0.25, 0.3) is 5.91 Å². The van der Waals surface area contributed by atoms with E-state index >= 15 is 0 Å². The summed E-state index contributed by atoms with van der Waals surface area (Å²) in [6.45, 7) is 2.28. The number of aryl methyl sites for hydroxylation is 1. The monoisotopic (exact) mass is 283 g/mol. The molecule has 108 valence electrons. The lowest BCUT2D eigenvalue weighted by Gasteiger charge is -2.04. The van der Waals surface area contributed by atoms with Gasteiger partial charge in [-0.2, -0.15) is 0 Å². The summed E-state index contributed by atoms with van der Waals surface area (Å²) in [5.74, 6) is 6.29. The Morgan fingerprint density at radius 3 is 2.67 bits per heavy atom. The fraction of sp³-hybridized carbons (Fsp3) is 0.235. The third-order valence-electron chi connectivity index (χ3n) is 2.98. The van der Waals surface area contributed by atoms with E-state index in [0.29, 0.717) is 24.3 Å². The quantitative estimate of drug-likeness (QED) is 0.846. The molecule has 0 saturated heterocycles. The molecule has 4 nitrogen and oxygen atoms in total. The van der Waals surface area contributed by atoms with Crippen LogP contribution in [0.2, 0.25) is 0 Å². The first kappa shape index (κ1) is 14.9. The summed E-state index contributed by atoms with van der Waals surface area (Å²) in [6, 6.07) is 9.30. The Hall–Kier alpha value is -2.51. The molecule has 1 amide bonds. The van der Waals surface area contributed by atoms with Crippen LogP contribution in [0.3, 0.4) is 0 Å². The normalized spacial score (nSPS) is 9.81. The van der Waals surface area contributed by atoms with Crippen LogP contribution in [0.1, 0.15) is 33.7 Å². The molecular formula is C17H17NO3. The van der Waals surface area contributed by atoms with Gasteiger partial charge in [-0.25, -0.2) is 0 Å². The lowest BCUT2D eigenvalue weighted by molar-refractivity contribution is 0.0949. The summed E-state index contributed by atoms with van der Waals surface area (Å²) in [5, 5.41) is 11.5. The predicted molar refractivity (Wildman–Crippen MR) is 79.6 cm³/mol. The van der Waals surface area contributed by atoms with Crippen molar-refractivity contribution in [3.8, 4) is 11.8 Å². The lowest BCUT2D eigenvalue weighted by Crippen LogP contribution is -2.22. The zero-order valence-corrected chi connectivity index (χ0v) is 11.8. The van der Waals surface area contributed by atoms with Crippen molar-refractivity contribution in [3.63, 3.8) is 0 Å². The van der Waals surface area contributed by atoms with E-state index in [1.54, 1.807) is 13.0 Å². The SMILES string of the molecule is Cc1occc1C(=O)NCc1ccc(C#CCCO)cc1. The third kappa shape index (κ3) is 4.23. The number of rotatable bonds is 4. The smallest absolute Gasteiger partial charge is 0.255 e. The number of aliphatic hydroxyl groups is 1. The minimum absolute atomic E-state index is 0.0740. The number of aliphatic hydroxyl groups excluding tert-OH is 1. The molecule has 1 aromatic carbocycles. The molecule has 0 aliphatic carbocycles. The number of nitrogens with one attached hydrogen (secondary N) is 1. The maximum atomic E-state index is 11.9. The summed E-state index contributed by atoms with van der Waals surface area (Å²) < 4.78 is 5.11. The topological polar surface area (TPSA) is 62.5 Å². The van der Waals surface area contributed by atoms with Crippen molar-refractivity contribution in [2.24, 2.45) is 0 Å². The maximum absolute atomic E-state index is 11.9. The minimum atomic E-state index is -0.145. The summed E-state index contributed by atoms with van der Waals surface area (Å²) in [5.41, 5.74) is 2.45. The van der Waals surface area contributed by atoms with Crippen molar-refractivity contribution in [3.05, 3.63) is 59.0 Å². The van der Waals surface area contributed by atoms with E-state index in [1.165, 1.54) is 6.26 Å². The summed E-state index contributed by atoms with van der Waals surface area (Å²) in [4.78, 5) is 11.9. The molecule has 21 heavy (non-hydrogen) atoms. The molecule has 0 atom stereocenters. The van der Waals surface area contributed by atoms with Crippen molar-refractivity contribution < 1.29 is 14.3 Å². The van der Waals surface area contributed by atoms with E-state index in [-0.39, 0.29) is 12.5 Å². The van der Waals surface area contributed by atoms with Gasteiger partial charge in [0.05, 0.1) is 18.4 Å². The number of carbonyl (C=O) groups is 1. The van der Waals surface area contributed by atoms with Crippen LogP contribution in [0.15, 0.2) is 41.0 Å². The van der Waals surface area contributed by atoms with E-state index in [0.717, 1.165) is 11.1 Å². The van der Waals surface area contributed by atoms with Crippen molar-refractivity contribution >= 4 is 5.91 Å². The van der Waals surface area contributed by atoms with Gasteiger partial charge in [0, 0.05) is 18.5 Å². The number of hydrogen-bond acceptors (Lipinski definition) is 3. The Balaban J connectivity index is 1.91. The van der Waals surface area contributed by atoms with E-state index in [1.807, 2.05) is 24.3 Å². The van der Waals surface area contributed by atoms with Gasteiger partial charge in [-0.05, 0) is 30.7 Å². The molecule has 2 aromatic rings. The summed E-state index contributed by atoms with van der Waals surface area (Å²) in [6.07, 6.45) is 1.98. The van der Waals surface area contributed by atoms with Crippen LogP contribution >= 0.6 is 0 Å². The first-order chi connectivity index (χ1) is 10.2. The van der Waals surface area contributed by atoms with Gasteiger partial charge < -0.3 is 14.8 Å². The average Bonchev–Trinajstić information content (AvgIpc) is 2.92. The first-order valence-electron chi connectivity index (χ1n) is 6.71. The highest BCUT2D eigenvalue weighted by atomic mass is 16.3. The van der Waals surface area contributed by atoms with Crippen LogP contribution < -0.4 is 5.32 Å². The number of amides is 1. The largest absolute Gasteiger partial charge is 0.469 e. The molecule has 0 fully saturated rings. The number of hydrogen-bond donors (Lipinski definition) is 2. The van der Waals surface area contributed by atoms with E-state index < -0.39 is 0 Å². The molecule has 0 aliphatic heterocycles. The molecule has 0 spiro atoms. The highest BCUT2D eigenvalue weighted by Crippen LogP contribution is 2.09. The number of benzene rings is 1. The second kappa shape index (κ2) is 7.32. The Morgan fingerprint density at radius 2 is 2.05 bits per heavy atom. The number of carbonyl (C=O) groups excluding carboxylic acids is 1. The van der Waals surface area contributed by atoms with Gasteiger partial charge in [0.2, 0.25) is 0 Å². The Kier molecular flexibility index (Phi) is 5.19. The zero-order chi connectivity index (χ0) is 15.1. The van der Waals surface area contributed by atoms with Crippen LogP contribution in [0, 0.1) is 18.8 Å². The van der Waals surface area contributed by atoms with Gasteiger partial charge in [-0.15, -0.1) is 0 Å². The van der Waals surface area contributed by atoms with Crippen LogP contribution in [-0.4, -0.2) is 17.6 Å². The molecule has 0 saturated carbocycles. The average molecular weight is 283 g/mol.